The molecule has 4 nitrogen and oxygen atoms in total. The fraction of sp³-hybridized carbons (Fsp3) is 0.316. The van der Waals surface area contributed by atoms with E-state index in [1.165, 1.54) is 11.1 Å². The predicted molar refractivity (Wildman–Crippen MR) is 92.2 cm³/mol. The van der Waals surface area contributed by atoms with Gasteiger partial charge in [-0.1, -0.05) is 50.2 Å². The Kier molecular flexibility index (Phi) is 6.18. The van der Waals surface area contributed by atoms with Gasteiger partial charge in [-0.2, -0.15) is 0 Å². The molecular formula is C19H24N2O2. The molecule has 0 aliphatic carbocycles. The van der Waals surface area contributed by atoms with Crippen molar-refractivity contribution in [3.05, 3.63) is 65.2 Å². The smallest absolute Gasteiger partial charge is 0.255 e. The average Bonchev–Trinajstić information content (AvgIpc) is 2.54. The van der Waals surface area contributed by atoms with Gasteiger partial charge in [0.25, 0.3) is 5.91 Å². The van der Waals surface area contributed by atoms with Crippen molar-refractivity contribution in [1.82, 2.24) is 5.32 Å². The fourth-order valence-electron chi connectivity index (χ4n) is 2.23. The van der Waals surface area contributed by atoms with Gasteiger partial charge in [0.1, 0.15) is 5.75 Å². The largest absolute Gasteiger partial charge is 0.484 e. The van der Waals surface area contributed by atoms with Crippen LogP contribution in [0.4, 0.5) is 0 Å². The van der Waals surface area contributed by atoms with Crippen LogP contribution in [0.2, 0.25) is 0 Å². The SMILES string of the molecule is CC(C)c1ccc(CNCc2ccc(OCC(N)=O)cc2)cc1. The highest BCUT2D eigenvalue weighted by atomic mass is 16.5. The van der Waals surface area contributed by atoms with Gasteiger partial charge in [0.05, 0.1) is 0 Å². The Morgan fingerprint density at radius 1 is 1.00 bits per heavy atom. The molecule has 0 saturated heterocycles. The Morgan fingerprint density at radius 2 is 1.52 bits per heavy atom. The molecule has 23 heavy (non-hydrogen) atoms. The lowest BCUT2D eigenvalue weighted by Crippen LogP contribution is -2.20. The summed E-state index contributed by atoms with van der Waals surface area (Å²) in [5.41, 5.74) is 8.84. The first-order valence-corrected chi connectivity index (χ1v) is 7.84. The summed E-state index contributed by atoms with van der Waals surface area (Å²) in [6, 6.07) is 16.4. The van der Waals surface area contributed by atoms with Crippen LogP contribution in [0.5, 0.6) is 5.75 Å². The van der Waals surface area contributed by atoms with Crippen LogP contribution in [0.3, 0.4) is 0 Å². The Labute approximate surface area is 137 Å². The first-order chi connectivity index (χ1) is 11.0. The lowest BCUT2D eigenvalue weighted by atomic mass is 10.0. The van der Waals surface area contributed by atoms with Gasteiger partial charge in [-0.3, -0.25) is 4.79 Å². The van der Waals surface area contributed by atoms with Crippen LogP contribution in [0, 0.1) is 0 Å². The Hall–Kier alpha value is -2.33. The van der Waals surface area contributed by atoms with Crippen molar-refractivity contribution in [1.29, 1.82) is 0 Å². The summed E-state index contributed by atoms with van der Waals surface area (Å²) in [5.74, 6) is 0.739. The number of rotatable bonds is 8. The molecular weight excluding hydrogens is 288 g/mol. The van der Waals surface area contributed by atoms with E-state index in [2.05, 4.69) is 43.4 Å². The van der Waals surface area contributed by atoms with Crippen LogP contribution in [0.1, 0.15) is 36.5 Å². The molecule has 4 heteroatoms. The Morgan fingerprint density at radius 3 is 2.00 bits per heavy atom. The van der Waals surface area contributed by atoms with E-state index in [4.69, 9.17) is 10.5 Å². The molecule has 0 spiro atoms. The summed E-state index contributed by atoms with van der Waals surface area (Å²) in [6.45, 7) is 5.92. The van der Waals surface area contributed by atoms with E-state index >= 15 is 0 Å². The predicted octanol–water partition coefficient (Wildman–Crippen LogP) is 2.96. The number of benzene rings is 2. The monoisotopic (exact) mass is 312 g/mol. The van der Waals surface area contributed by atoms with E-state index in [1.807, 2.05) is 24.3 Å². The van der Waals surface area contributed by atoms with E-state index in [0.717, 1.165) is 18.7 Å². The first kappa shape index (κ1) is 17.0. The zero-order valence-electron chi connectivity index (χ0n) is 13.7. The summed E-state index contributed by atoms with van der Waals surface area (Å²) >= 11 is 0. The van der Waals surface area contributed by atoms with Crippen molar-refractivity contribution in [2.45, 2.75) is 32.9 Å². The third-order valence-corrected chi connectivity index (χ3v) is 3.61. The number of amides is 1. The minimum Gasteiger partial charge on any atom is -0.484 e. The maximum atomic E-state index is 10.7. The van der Waals surface area contributed by atoms with Crippen molar-refractivity contribution >= 4 is 5.91 Å². The van der Waals surface area contributed by atoms with Gasteiger partial charge in [0.15, 0.2) is 6.61 Å². The molecule has 0 heterocycles. The van der Waals surface area contributed by atoms with E-state index in [1.54, 1.807) is 0 Å². The zero-order chi connectivity index (χ0) is 16.7. The third kappa shape index (κ3) is 5.75. The minimum atomic E-state index is -0.473. The third-order valence-electron chi connectivity index (χ3n) is 3.61. The molecule has 2 rings (SSSR count). The minimum absolute atomic E-state index is 0.0933. The quantitative estimate of drug-likeness (QED) is 0.787. The maximum Gasteiger partial charge on any atom is 0.255 e. The van der Waals surface area contributed by atoms with Crippen molar-refractivity contribution in [2.75, 3.05) is 6.61 Å². The van der Waals surface area contributed by atoms with Crippen molar-refractivity contribution in [3.8, 4) is 5.75 Å². The Balaban J connectivity index is 1.78. The first-order valence-electron chi connectivity index (χ1n) is 7.84. The summed E-state index contributed by atoms with van der Waals surface area (Å²) in [7, 11) is 0. The van der Waals surface area contributed by atoms with Gasteiger partial charge < -0.3 is 15.8 Å². The molecule has 0 radical (unpaired) electrons. The molecule has 3 N–H and O–H groups in total. The molecule has 0 saturated carbocycles. The highest BCUT2D eigenvalue weighted by molar-refractivity contribution is 5.75. The molecule has 0 unspecified atom stereocenters. The van der Waals surface area contributed by atoms with Crippen LogP contribution in [0.25, 0.3) is 0 Å². The zero-order valence-corrected chi connectivity index (χ0v) is 13.7. The van der Waals surface area contributed by atoms with Crippen molar-refractivity contribution in [2.24, 2.45) is 5.73 Å². The molecule has 2 aromatic carbocycles. The van der Waals surface area contributed by atoms with Gasteiger partial charge in [-0.05, 0) is 34.7 Å². The van der Waals surface area contributed by atoms with Crippen LogP contribution in [-0.4, -0.2) is 12.5 Å². The standard InChI is InChI=1S/C19H24N2O2/c1-14(2)17-7-3-15(4-8-17)11-21-12-16-5-9-18(10-6-16)23-13-19(20)22/h3-10,14,21H,11-13H2,1-2H3,(H2,20,22). The number of nitrogens with one attached hydrogen (secondary N) is 1. The second-order valence-corrected chi connectivity index (χ2v) is 5.90. The van der Waals surface area contributed by atoms with Gasteiger partial charge in [-0.25, -0.2) is 0 Å². The molecule has 2 aromatic rings. The van der Waals surface area contributed by atoms with Crippen LogP contribution in [0.15, 0.2) is 48.5 Å². The van der Waals surface area contributed by atoms with Gasteiger partial charge in [0.2, 0.25) is 0 Å². The molecule has 0 fully saturated rings. The molecule has 0 aromatic heterocycles. The number of ether oxygens (including phenoxy) is 1. The molecule has 0 bridgehead atoms. The number of hydrogen-bond acceptors (Lipinski definition) is 3. The van der Waals surface area contributed by atoms with Crippen molar-refractivity contribution < 1.29 is 9.53 Å². The highest BCUT2D eigenvalue weighted by Crippen LogP contribution is 2.15. The van der Waals surface area contributed by atoms with Crippen LogP contribution >= 0.6 is 0 Å². The topological polar surface area (TPSA) is 64.3 Å². The maximum absolute atomic E-state index is 10.7. The number of carbonyl (C=O) groups excluding carboxylic acids is 1. The lowest BCUT2D eigenvalue weighted by molar-refractivity contribution is -0.119. The average molecular weight is 312 g/mol. The van der Waals surface area contributed by atoms with E-state index in [9.17, 15) is 4.79 Å². The normalized spacial score (nSPS) is 10.7. The summed E-state index contributed by atoms with van der Waals surface area (Å²) in [4.78, 5) is 10.7. The lowest BCUT2D eigenvalue weighted by Gasteiger charge is -2.09. The van der Waals surface area contributed by atoms with Gasteiger partial charge in [0, 0.05) is 13.1 Å². The second kappa shape index (κ2) is 8.34. The van der Waals surface area contributed by atoms with E-state index < -0.39 is 5.91 Å². The van der Waals surface area contributed by atoms with Crippen LogP contribution in [-0.2, 0) is 17.9 Å². The highest BCUT2D eigenvalue weighted by Gasteiger charge is 2.00. The summed E-state index contributed by atoms with van der Waals surface area (Å²) < 4.78 is 5.23. The fourth-order valence-corrected chi connectivity index (χ4v) is 2.23. The van der Waals surface area contributed by atoms with Crippen LogP contribution < -0.4 is 15.8 Å². The van der Waals surface area contributed by atoms with E-state index in [-0.39, 0.29) is 6.61 Å². The summed E-state index contributed by atoms with van der Waals surface area (Å²) in [5, 5.41) is 3.42. The van der Waals surface area contributed by atoms with Gasteiger partial charge >= 0.3 is 0 Å². The molecule has 0 aliphatic heterocycles. The number of carbonyl (C=O) groups is 1. The molecule has 122 valence electrons. The summed E-state index contributed by atoms with van der Waals surface area (Å²) in [6.07, 6.45) is 0. The number of primary amides is 1. The second-order valence-electron chi connectivity index (χ2n) is 5.90. The van der Waals surface area contributed by atoms with Gasteiger partial charge in [-0.15, -0.1) is 0 Å². The molecule has 1 amide bonds. The molecule has 0 aliphatic rings. The van der Waals surface area contributed by atoms with Crippen molar-refractivity contribution in [3.63, 3.8) is 0 Å². The Bertz CT molecular complexity index is 619. The van der Waals surface area contributed by atoms with E-state index in [0.29, 0.717) is 11.7 Å². The number of hydrogen-bond donors (Lipinski definition) is 2. The number of nitrogens with two attached hydrogens (primary N) is 1. The molecule has 0 atom stereocenters.